The first-order valence-corrected chi connectivity index (χ1v) is 5.43. The molecule has 0 amide bonds. The Morgan fingerprint density at radius 2 is 2.43 bits per heavy atom. The van der Waals surface area contributed by atoms with Crippen LogP contribution in [-0.4, -0.2) is 32.9 Å². The summed E-state index contributed by atoms with van der Waals surface area (Å²) in [4.78, 5) is 0. The maximum Gasteiger partial charge on any atom is 0.110 e. The first-order valence-electron chi connectivity index (χ1n) is 5.43. The lowest BCUT2D eigenvalue weighted by atomic mass is 10.1. The zero-order chi connectivity index (χ0) is 10.1. The van der Waals surface area contributed by atoms with Crippen molar-refractivity contribution in [2.45, 2.75) is 31.8 Å². The second-order valence-electron chi connectivity index (χ2n) is 3.61. The largest absolute Gasteiger partial charge is 0.497 e. The molecule has 3 heteroatoms. The van der Waals surface area contributed by atoms with Gasteiger partial charge in [0.25, 0.3) is 0 Å². The number of ether oxygens (including phenoxy) is 2. The molecule has 0 saturated heterocycles. The van der Waals surface area contributed by atoms with Crippen LogP contribution in [0.4, 0.5) is 0 Å². The van der Waals surface area contributed by atoms with Gasteiger partial charge in [0, 0.05) is 20.3 Å². The summed E-state index contributed by atoms with van der Waals surface area (Å²) in [5.41, 5.74) is 0. The Hall–Kier alpha value is -0.540. The maximum atomic E-state index is 5.44. The van der Waals surface area contributed by atoms with Crippen LogP contribution in [0.1, 0.15) is 25.7 Å². The number of hydrogen-bond acceptors (Lipinski definition) is 3. The minimum absolute atomic E-state index is 0.377. The molecule has 0 aromatic carbocycles. The molecule has 1 aliphatic rings. The van der Waals surface area contributed by atoms with Gasteiger partial charge in [-0.1, -0.05) is 0 Å². The topological polar surface area (TPSA) is 30.5 Å². The second-order valence-corrected chi connectivity index (χ2v) is 3.61. The van der Waals surface area contributed by atoms with Crippen LogP contribution < -0.4 is 5.32 Å². The summed E-state index contributed by atoms with van der Waals surface area (Å²) in [6, 6.07) is 0. The molecule has 0 aromatic rings. The van der Waals surface area contributed by atoms with Crippen molar-refractivity contribution in [3.63, 3.8) is 0 Å². The van der Waals surface area contributed by atoms with Gasteiger partial charge in [-0.2, -0.15) is 0 Å². The van der Waals surface area contributed by atoms with E-state index in [0.29, 0.717) is 6.10 Å². The summed E-state index contributed by atoms with van der Waals surface area (Å²) in [6.45, 7) is 2.90. The molecule has 14 heavy (non-hydrogen) atoms. The Balaban J connectivity index is 1.86. The fraction of sp³-hybridized carbons (Fsp3) is 0.818. The van der Waals surface area contributed by atoms with E-state index in [1.54, 1.807) is 7.11 Å². The fourth-order valence-electron chi connectivity index (χ4n) is 1.49. The van der Waals surface area contributed by atoms with Crippen LogP contribution in [0.15, 0.2) is 12.3 Å². The number of allylic oxidation sites excluding steroid dienone is 1. The monoisotopic (exact) mass is 199 g/mol. The fourth-order valence-corrected chi connectivity index (χ4v) is 1.49. The SMILES string of the molecule is COCCCCNCC1CCC=CO1. The standard InChI is InChI=1S/C11H21NO2/c1-13-8-5-3-7-12-10-11-6-2-4-9-14-11/h4,9,11-12H,2-3,5-8,10H2,1H3. The molecule has 1 heterocycles. The first kappa shape index (κ1) is 11.5. The van der Waals surface area contributed by atoms with Crippen molar-refractivity contribution in [1.82, 2.24) is 5.32 Å². The van der Waals surface area contributed by atoms with E-state index in [1.807, 2.05) is 6.26 Å². The predicted molar refractivity (Wildman–Crippen MR) is 57.2 cm³/mol. The molecule has 0 aliphatic carbocycles. The highest BCUT2D eigenvalue weighted by molar-refractivity contribution is 4.82. The molecular weight excluding hydrogens is 178 g/mol. The van der Waals surface area contributed by atoms with Gasteiger partial charge >= 0.3 is 0 Å². The Kier molecular flexibility index (Phi) is 6.45. The Bertz CT molecular complexity index is 159. The molecule has 0 radical (unpaired) electrons. The lowest BCUT2D eigenvalue weighted by Crippen LogP contribution is -2.29. The summed E-state index contributed by atoms with van der Waals surface area (Å²) >= 11 is 0. The van der Waals surface area contributed by atoms with E-state index < -0.39 is 0 Å². The minimum Gasteiger partial charge on any atom is -0.497 e. The zero-order valence-electron chi connectivity index (χ0n) is 9.00. The quantitative estimate of drug-likeness (QED) is 0.633. The summed E-state index contributed by atoms with van der Waals surface area (Å²) in [5.74, 6) is 0. The van der Waals surface area contributed by atoms with Gasteiger partial charge in [0.2, 0.25) is 0 Å². The molecular formula is C11H21NO2. The molecule has 1 aliphatic heterocycles. The van der Waals surface area contributed by atoms with Crippen molar-refractivity contribution < 1.29 is 9.47 Å². The van der Waals surface area contributed by atoms with Crippen LogP contribution in [0.25, 0.3) is 0 Å². The molecule has 82 valence electrons. The number of hydrogen-bond donors (Lipinski definition) is 1. The van der Waals surface area contributed by atoms with Crippen molar-refractivity contribution in [1.29, 1.82) is 0 Å². The third-order valence-corrected chi connectivity index (χ3v) is 2.35. The molecule has 1 N–H and O–H groups in total. The Morgan fingerprint density at radius 1 is 1.50 bits per heavy atom. The van der Waals surface area contributed by atoms with E-state index in [-0.39, 0.29) is 0 Å². The van der Waals surface area contributed by atoms with Crippen molar-refractivity contribution in [3.05, 3.63) is 12.3 Å². The smallest absolute Gasteiger partial charge is 0.110 e. The minimum atomic E-state index is 0.377. The van der Waals surface area contributed by atoms with Crippen LogP contribution in [-0.2, 0) is 9.47 Å². The number of nitrogens with one attached hydrogen (secondary N) is 1. The van der Waals surface area contributed by atoms with Gasteiger partial charge in [0.05, 0.1) is 6.26 Å². The third kappa shape index (κ3) is 5.25. The predicted octanol–water partition coefficient (Wildman–Crippen LogP) is 1.70. The van der Waals surface area contributed by atoms with Crippen LogP contribution >= 0.6 is 0 Å². The van der Waals surface area contributed by atoms with E-state index in [2.05, 4.69) is 11.4 Å². The van der Waals surface area contributed by atoms with E-state index in [9.17, 15) is 0 Å². The van der Waals surface area contributed by atoms with Gasteiger partial charge in [0.15, 0.2) is 0 Å². The van der Waals surface area contributed by atoms with Gasteiger partial charge in [-0.25, -0.2) is 0 Å². The first-order chi connectivity index (χ1) is 6.93. The summed E-state index contributed by atoms with van der Waals surface area (Å²) < 4.78 is 10.4. The van der Waals surface area contributed by atoms with Crippen LogP contribution in [0.5, 0.6) is 0 Å². The summed E-state index contributed by atoms with van der Waals surface area (Å²) in [6.07, 6.45) is 8.88. The Morgan fingerprint density at radius 3 is 3.14 bits per heavy atom. The number of unbranched alkanes of at least 4 members (excludes halogenated alkanes) is 1. The highest BCUT2D eigenvalue weighted by atomic mass is 16.5. The van der Waals surface area contributed by atoms with Crippen molar-refractivity contribution in [2.75, 3.05) is 26.8 Å². The summed E-state index contributed by atoms with van der Waals surface area (Å²) in [5, 5.41) is 3.40. The van der Waals surface area contributed by atoms with E-state index in [1.165, 1.54) is 6.42 Å². The zero-order valence-corrected chi connectivity index (χ0v) is 9.00. The van der Waals surface area contributed by atoms with Gasteiger partial charge < -0.3 is 14.8 Å². The Labute approximate surface area is 86.5 Å². The van der Waals surface area contributed by atoms with E-state index in [4.69, 9.17) is 9.47 Å². The van der Waals surface area contributed by atoms with Crippen molar-refractivity contribution in [2.24, 2.45) is 0 Å². The average molecular weight is 199 g/mol. The van der Waals surface area contributed by atoms with Gasteiger partial charge in [-0.05, 0) is 38.3 Å². The lowest BCUT2D eigenvalue weighted by molar-refractivity contribution is 0.122. The van der Waals surface area contributed by atoms with Crippen LogP contribution in [0.3, 0.4) is 0 Å². The van der Waals surface area contributed by atoms with Gasteiger partial charge in [0.1, 0.15) is 6.10 Å². The number of rotatable bonds is 7. The van der Waals surface area contributed by atoms with Crippen molar-refractivity contribution in [3.8, 4) is 0 Å². The van der Waals surface area contributed by atoms with Gasteiger partial charge in [-0.3, -0.25) is 0 Å². The van der Waals surface area contributed by atoms with Crippen LogP contribution in [0.2, 0.25) is 0 Å². The van der Waals surface area contributed by atoms with Gasteiger partial charge in [-0.15, -0.1) is 0 Å². The third-order valence-electron chi connectivity index (χ3n) is 2.35. The molecule has 0 spiro atoms. The van der Waals surface area contributed by atoms with E-state index >= 15 is 0 Å². The normalized spacial score (nSPS) is 20.8. The molecule has 0 aromatic heterocycles. The summed E-state index contributed by atoms with van der Waals surface area (Å²) in [7, 11) is 1.75. The van der Waals surface area contributed by atoms with E-state index in [0.717, 1.165) is 39.0 Å². The highest BCUT2D eigenvalue weighted by Crippen LogP contribution is 2.08. The molecule has 1 rings (SSSR count). The molecule has 0 fully saturated rings. The molecule has 3 nitrogen and oxygen atoms in total. The van der Waals surface area contributed by atoms with Crippen molar-refractivity contribution >= 4 is 0 Å². The average Bonchev–Trinajstić information content (AvgIpc) is 2.25. The lowest BCUT2D eigenvalue weighted by Gasteiger charge is -2.19. The second kappa shape index (κ2) is 7.83. The number of methoxy groups -OCH3 is 1. The molecule has 0 bridgehead atoms. The molecule has 1 unspecified atom stereocenters. The highest BCUT2D eigenvalue weighted by Gasteiger charge is 2.09. The van der Waals surface area contributed by atoms with Crippen LogP contribution in [0, 0.1) is 0 Å². The maximum absolute atomic E-state index is 5.44. The molecule has 0 saturated carbocycles. The molecule has 1 atom stereocenters.